The fourth-order valence-corrected chi connectivity index (χ4v) is 1.22. The second-order valence-electron chi connectivity index (χ2n) is 2.94. The minimum Gasteiger partial charge on any atom is -0.364 e. The van der Waals surface area contributed by atoms with Gasteiger partial charge in [-0.15, -0.1) is 0 Å². The molecule has 0 aliphatic heterocycles. The van der Waals surface area contributed by atoms with Gasteiger partial charge in [0.2, 0.25) is 0 Å². The molecule has 0 radical (unpaired) electrons. The number of H-pyrrole nitrogens is 1. The Bertz CT molecular complexity index is 606. The quantitative estimate of drug-likeness (QED) is 0.698. The number of fused-ring (bicyclic) bond motifs is 1. The van der Waals surface area contributed by atoms with Crippen molar-refractivity contribution in [3.05, 3.63) is 40.1 Å². The molecule has 76 valence electrons. The molecular weight excluding hydrogens is 201 g/mol. The summed E-state index contributed by atoms with van der Waals surface area (Å²) in [6.45, 7) is 0. The first-order valence-electron chi connectivity index (χ1n) is 4.07. The van der Waals surface area contributed by atoms with Gasteiger partial charge in [-0.3, -0.25) is 9.59 Å². The molecule has 1 heterocycles. The van der Waals surface area contributed by atoms with Crippen LogP contribution in [-0.4, -0.2) is 15.9 Å². The Kier molecular flexibility index (Phi) is 1.96. The van der Waals surface area contributed by atoms with Crippen LogP contribution in [0.15, 0.2) is 23.0 Å². The van der Waals surface area contributed by atoms with Crippen molar-refractivity contribution < 1.29 is 9.18 Å². The van der Waals surface area contributed by atoms with E-state index in [1.807, 2.05) is 0 Å². The Morgan fingerprint density at radius 1 is 1.47 bits per heavy atom. The van der Waals surface area contributed by atoms with Crippen molar-refractivity contribution in [1.82, 2.24) is 9.97 Å². The molecule has 1 aromatic carbocycles. The first-order chi connectivity index (χ1) is 7.08. The second kappa shape index (κ2) is 3.16. The van der Waals surface area contributed by atoms with Crippen LogP contribution in [0.25, 0.3) is 11.0 Å². The Hall–Kier alpha value is -2.24. The third kappa shape index (κ3) is 1.56. The summed E-state index contributed by atoms with van der Waals surface area (Å²) in [6, 6.07) is 3.66. The lowest BCUT2D eigenvalue weighted by Gasteiger charge is -1.98. The first kappa shape index (κ1) is 9.32. The molecule has 15 heavy (non-hydrogen) atoms. The largest absolute Gasteiger partial charge is 0.364 e. The zero-order valence-corrected chi connectivity index (χ0v) is 7.45. The summed E-state index contributed by atoms with van der Waals surface area (Å²) in [6.07, 6.45) is 0. The molecule has 2 rings (SSSR count). The van der Waals surface area contributed by atoms with E-state index < -0.39 is 23.0 Å². The van der Waals surface area contributed by atoms with Crippen molar-refractivity contribution in [2.45, 2.75) is 0 Å². The molecule has 0 spiro atoms. The first-order valence-corrected chi connectivity index (χ1v) is 4.07. The van der Waals surface area contributed by atoms with Crippen LogP contribution in [0.1, 0.15) is 10.5 Å². The monoisotopic (exact) mass is 207 g/mol. The van der Waals surface area contributed by atoms with E-state index >= 15 is 0 Å². The predicted octanol–water partition coefficient (Wildman–Crippen LogP) is 0.161. The van der Waals surface area contributed by atoms with Crippen molar-refractivity contribution >= 4 is 16.9 Å². The number of hydrogen-bond acceptors (Lipinski definition) is 3. The van der Waals surface area contributed by atoms with Crippen molar-refractivity contribution in [3.8, 4) is 0 Å². The highest BCUT2D eigenvalue weighted by molar-refractivity contribution is 5.92. The van der Waals surface area contributed by atoms with Crippen LogP contribution in [0.4, 0.5) is 4.39 Å². The lowest BCUT2D eigenvalue weighted by atomic mass is 10.3. The second-order valence-corrected chi connectivity index (χ2v) is 2.94. The number of hydrogen-bond donors (Lipinski definition) is 2. The van der Waals surface area contributed by atoms with Gasteiger partial charge in [0.15, 0.2) is 5.69 Å². The highest BCUT2D eigenvalue weighted by atomic mass is 19.1. The average molecular weight is 207 g/mol. The summed E-state index contributed by atoms with van der Waals surface area (Å²) in [4.78, 5) is 28.1. The molecule has 2 aromatic rings. The molecule has 0 bridgehead atoms. The minimum atomic E-state index is -0.942. The summed E-state index contributed by atoms with van der Waals surface area (Å²) in [7, 11) is 0. The van der Waals surface area contributed by atoms with E-state index in [-0.39, 0.29) is 5.52 Å². The maximum Gasteiger partial charge on any atom is 0.280 e. The lowest BCUT2D eigenvalue weighted by Crippen LogP contribution is -2.25. The van der Waals surface area contributed by atoms with Gasteiger partial charge in [-0.2, -0.15) is 0 Å². The molecule has 0 saturated heterocycles. The number of amides is 1. The van der Waals surface area contributed by atoms with Gasteiger partial charge in [0.1, 0.15) is 5.82 Å². The number of aromatic nitrogens is 2. The van der Waals surface area contributed by atoms with Crippen LogP contribution in [0.5, 0.6) is 0 Å². The van der Waals surface area contributed by atoms with E-state index in [0.717, 1.165) is 6.07 Å². The molecule has 0 aliphatic rings. The fourth-order valence-electron chi connectivity index (χ4n) is 1.22. The van der Waals surface area contributed by atoms with Gasteiger partial charge < -0.3 is 10.7 Å². The fraction of sp³-hybridized carbons (Fsp3) is 0. The molecule has 3 N–H and O–H groups in total. The molecule has 6 heteroatoms. The van der Waals surface area contributed by atoms with Gasteiger partial charge in [0.05, 0.1) is 11.0 Å². The number of nitrogens with zero attached hydrogens (tertiary/aromatic N) is 1. The van der Waals surface area contributed by atoms with Gasteiger partial charge in [0, 0.05) is 6.07 Å². The summed E-state index contributed by atoms with van der Waals surface area (Å²) in [5.41, 5.74) is 4.36. The predicted molar refractivity (Wildman–Crippen MR) is 50.8 cm³/mol. The maximum atomic E-state index is 12.8. The Balaban J connectivity index is 2.83. The standard InChI is InChI=1S/C9H6FN3O2/c10-4-1-2-5-6(3-4)12-7(8(11)14)9(15)13-5/h1-3H,(H2,11,14)(H,13,15). The number of primary amides is 1. The van der Waals surface area contributed by atoms with E-state index in [2.05, 4.69) is 9.97 Å². The smallest absolute Gasteiger partial charge is 0.280 e. The molecule has 1 aromatic heterocycles. The topological polar surface area (TPSA) is 88.8 Å². The van der Waals surface area contributed by atoms with Crippen molar-refractivity contribution in [3.63, 3.8) is 0 Å². The Morgan fingerprint density at radius 3 is 2.87 bits per heavy atom. The molecule has 0 aliphatic carbocycles. The van der Waals surface area contributed by atoms with E-state index in [1.54, 1.807) is 0 Å². The molecule has 1 amide bonds. The van der Waals surface area contributed by atoms with Crippen LogP contribution >= 0.6 is 0 Å². The van der Waals surface area contributed by atoms with Gasteiger partial charge in [-0.25, -0.2) is 9.37 Å². The third-order valence-corrected chi connectivity index (χ3v) is 1.89. The average Bonchev–Trinajstić information content (AvgIpc) is 2.17. The third-order valence-electron chi connectivity index (χ3n) is 1.89. The maximum absolute atomic E-state index is 12.8. The van der Waals surface area contributed by atoms with Crippen molar-refractivity contribution in [2.75, 3.05) is 0 Å². The van der Waals surface area contributed by atoms with Gasteiger partial charge >= 0.3 is 0 Å². The van der Waals surface area contributed by atoms with E-state index in [9.17, 15) is 14.0 Å². The number of carbonyl (C=O) groups is 1. The number of halogens is 1. The molecule has 0 unspecified atom stereocenters. The van der Waals surface area contributed by atoms with Crippen molar-refractivity contribution in [2.24, 2.45) is 5.73 Å². The number of benzene rings is 1. The number of nitrogens with two attached hydrogens (primary N) is 1. The Morgan fingerprint density at radius 2 is 2.20 bits per heavy atom. The highest BCUT2D eigenvalue weighted by Crippen LogP contribution is 2.08. The SMILES string of the molecule is NC(=O)c1nc2cc(F)ccc2[nH]c1=O. The van der Waals surface area contributed by atoms with Gasteiger partial charge in [-0.1, -0.05) is 0 Å². The summed E-state index contributed by atoms with van der Waals surface area (Å²) in [5.74, 6) is -1.44. The van der Waals surface area contributed by atoms with Gasteiger partial charge in [0.25, 0.3) is 11.5 Å². The lowest BCUT2D eigenvalue weighted by molar-refractivity contribution is 0.0994. The molecule has 5 nitrogen and oxygen atoms in total. The van der Waals surface area contributed by atoms with Crippen LogP contribution in [-0.2, 0) is 0 Å². The Labute approximate surface area is 82.7 Å². The molecule has 0 saturated carbocycles. The summed E-state index contributed by atoms with van der Waals surface area (Å²) in [5, 5.41) is 0. The minimum absolute atomic E-state index is 0.184. The molecule has 0 atom stereocenters. The number of carbonyl (C=O) groups excluding carboxylic acids is 1. The van der Waals surface area contributed by atoms with Crippen LogP contribution < -0.4 is 11.3 Å². The summed E-state index contributed by atoms with van der Waals surface area (Å²) < 4.78 is 12.8. The van der Waals surface area contributed by atoms with E-state index in [0.29, 0.717) is 5.52 Å². The van der Waals surface area contributed by atoms with Crippen LogP contribution in [0, 0.1) is 5.82 Å². The zero-order valence-electron chi connectivity index (χ0n) is 7.45. The molecular formula is C9H6FN3O2. The van der Waals surface area contributed by atoms with Crippen molar-refractivity contribution in [1.29, 1.82) is 0 Å². The normalized spacial score (nSPS) is 10.5. The van der Waals surface area contributed by atoms with E-state index in [1.165, 1.54) is 12.1 Å². The van der Waals surface area contributed by atoms with Gasteiger partial charge in [-0.05, 0) is 12.1 Å². The number of rotatable bonds is 1. The van der Waals surface area contributed by atoms with Crippen LogP contribution in [0.2, 0.25) is 0 Å². The zero-order chi connectivity index (χ0) is 11.0. The number of aromatic amines is 1. The molecule has 0 fully saturated rings. The van der Waals surface area contributed by atoms with Crippen LogP contribution in [0.3, 0.4) is 0 Å². The van der Waals surface area contributed by atoms with E-state index in [4.69, 9.17) is 5.73 Å². The summed E-state index contributed by atoms with van der Waals surface area (Å²) >= 11 is 0. The number of nitrogens with one attached hydrogen (secondary N) is 1. The highest BCUT2D eigenvalue weighted by Gasteiger charge is 2.10.